The molecule has 0 atom stereocenters. The van der Waals surface area contributed by atoms with Crippen LogP contribution in [0.4, 0.5) is 5.95 Å². The maximum atomic E-state index is 5.50. The molecular weight excluding hydrogens is 370 g/mol. The third kappa shape index (κ3) is 4.48. The van der Waals surface area contributed by atoms with E-state index in [1.54, 1.807) is 30.8 Å². The zero-order chi connectivity index (χ0) is 19.2. The van der Waals surface area contributed by atoms with Crippen LogP contribution < -0.4 is 15.0 Å². The van der Waals surface area contributed by atoms with E-state index in [0.29, 0.717) is 12.5 Å². The Bertz CT molecular complexity index is 864. The van der Waals surface area contributed by atoms with Crippen molar-refractivity contribution < 1.29 is 4.74 Å². The summed E-state index contributed by atoms with van der Waals surface area (Å²) in [4.78, 5) is 15.8. The van der Waals surface area contributed by atoms with Gasteiger partial charge in [0, 0.05) is 43.0 Å². The molecule has 3 aromatic rings. The van der Waals surface area contributed by atoms with Crippen molar-refractivity contribution in [2.24, 2.45) is 5.92 Å². The van der Waals surface area contributed by atoms with Gasteiger partial charge in [-0.2, -0.15) is 11.3 Å². The molecule has 0 spiro atoms. The molecule has 1 saturated heterocycles. The zero-order valence-electron chi connectivity index (χ0n) is 16.0. The van der Waals surface area contributed by atoms with Crippen LogP contribution in [0.2, 0.25) is 0 Å². The number of piperidine rings is 1. The minimum absolute atomic E-state index is 0.658. The number of hydrogen-bond acceptors (Lipinski definition) is 7. The minimum Gasteiger partial charge on any atom is -0.495 e. The van der Waals surface area contributed by atoms with Crippen LogP contribution in [0.25, 0.3) is 11.3 Å². The molecule has 0 radical (unpaired) electrons. The molecule has 7 heteroatoms. The summed E-state index contributed by atoms with van der Waals surface area (Å²) in [5.74, 6) is 2.33. The Hall–Kier alpha value is -2.51. The summed E-state index contributed by atoms with van der Waals surface area (Å²) in [5, 5.41) is 7.78. The van der Waals surface area contributed by atoms with Crippen LogP contribution in [0.1, 0.15) is 18.5 Å². The number of ether oxygens (including phenoxy) is 1. The van der Waals surface area contributed by atoms with Crippen LogP contribution in [0, 0.1) is 5.92 Å². The van der Waals surface area contributed by atoms with E-state index < -0.39 is 0 Å². The van der Waals surface area contributed by atoms with E-state index in [2.05, 4.69) is 37.0 Å². The number of methoxy groups -OCH3 is 1. The number of anilines is 1. The molecule has 4 heterocycles. The summed E-state index contributed by atoms with van der Waals surface area (Å²) in [7, 11) is 1.70. The Labute approximate surface area is 169 Å². The number of thiophene rings is 1. The van der Waals surface area contributed by atoms with Crippen molar-refractivity contribution in [1.82, 2.24) is 20.3 Å². The van der Waals surface area contributed by atoms with Crippen molar-refractivity contribution in [1.29, 1.82) is 0 Å². The van der Waals surface area contributed by atoms with Gasteiger partial charge < -0.3 is 15.0 Å². The average molecular weight is 396 g/mol. The van der Waals surface area contributed by atoms with Crippen molar-refractivity contribution in [2.45, 2.75) is 19.4 Å². The summed E-state index contributed by atoms with van der Waals surface area (Å²) in [5.41, 5.74) is 3.11. The summed E-state index contributed by atoms with van der Waals surface area (Å²) in [6, 6.07) is 7.98. The quantitative estimate of drug-likeness (QED) is 0.659. The molecule has 0 unspecified atom stereocenters. The van der Waals surface area contributed by atoms with Gasteiger partial charge in [0.1, 0.15) is 5.75 Å². The summed E-state index contributed by atoms with van der Waals surface area (Å²) in [6.45, 7) is 3.71. The molecule has 1 aliphatic heterocycles. The smallest absolute Gasteiger partial charge is 0.225 e. The van der Waals surface area contributed by atoms with Crippen LogP contribution >= 0.6 is 11.3 Å². The number of nitrogens with one attached hydrogen (secondary N) is 1. The van der Waals surface area contributed by atoms with Gasteiger partial charge in [0.15, 0.2) is 0 Å². The van der Waals surface area contributed by atoms with E-state index in [1.165, 1.54) is 0 Å². The predicted octanol–water partition coefficient (Wildman–Crippen LogP) is 3.61. The fourth-order valence-corrected chi connectivity index (χ4v) is 4.21. The molecule has 4 rings (SSSR count). The van der Waals surface area contributed by atoms with Gasteiger partial charge in [-0.25, -0.2) is 15.0 Å². The first kappa shape index (κ1) is 18.8. The Kier molecular flexibility index (Phi) is 6.14. The second-order valence-corrected chi connectivity index (χ2v) is 7.75. The van der Waals surface area contributed by atoms with Gasteiger partial charge in [-0.1, -0.05) is 0 Å². The molecule has 3 aromatic heterocycles. The highest BCUT2D eigenvalue weighted by Gasteiger charge is 2.20. The lowest BCUT2D eigenvalue weighted by atomic mass is 9.97. The number of hydrogen-bond donors (Lipinski definition) is 1. The normalized spacial score (nSPS) is 15.0. The van der Waals surface area contributed by atoms with Gasteiger partial charge in [-0.15, -0.1) is 0 Å². The van der Waals surface area contributed by atoms with Gasteiger partial charge in [-0.3, -0.25) is 0 Å². The maximum Gasteiger partial charge on any atom is 0.225 e. The van der Waals surface area contributed by atoms with Crippen molar-refractivity contribution >= 4 is 17.3 Å². The molecular formula is C21H25N5OS. The molecule has 0 saturated carbocycles. The van der Waals surface area contributed by atoms with Crippen molar-refractivity contribution in [3.05, 3.63) is 53.1 Å². The van der Waals surface area contributed by atoms with Gasteiger partial charge in [0.2, 0.25) is 5.95 Å². The number of nitrogens with zero attached hydrogens (tertiary/aromatic N) is 4. The van der Waals surface area contributed by atoms with E-state index >= 15 is 0 Å². The molecule has 1 fully saturated rings. The average Bonchev–Trinajstić information content (AvgIpc) is 3.30. The Morgan fingerprint density at radius 3 is 2.71 bits per heavy atom. The first-order valence-electron chi connectivity index (χ1n) is 9.62. The van der Waals surface area contributed by atoms with Crippen LogP contribution in [0.3, 0.4) is 0 Å². The molecule has 28 heavy (non-hydrogen) atoms. The van der Waals surface area contributed by atoms with Crippen molar-refractivity contribution in [3.8, 4) is 17.0 Å². The fourth-order valence-electron chi connectivity index (χ4n) is 3.56. The third-order valence-corrected chi connectivity index (χ3v) is 5.83. The standard InChI is InChI=1S/C21H25N5OS/c1-27-20-4-3-18(17-7-12-28-15-17)25-19(20)14-22-13-16-5-10-26(11-6-16)21-23-8-2-9-24-21/h2-4,7-9,12,15-16,22H,5-6,10-11,13-14H2,1H3. The Morgan fingerprint density at radius 1 is 1.18 bits per heavy atom. The number of aromatic nitrogens is 3. The lowest BCUT2D eigenvalue weighted by Crippen LogP contribution is -2.38. The molecule has 0 aliphatic carbocycles. The van der Waals surface area contributed by atoms with E-state index in [-0.39, 0.29) is 0 Å². The second kappa shape index (κ2) is 9.12. The zero-order valence-corrected chi connectivity index (χ0v) is 16.9. The summed E-state index contributed by atoms with van der Waals surface area (Å²) in [6.07, 6.45) is 5.90. The Morgan fingerprint density at radius 2 is 2.00 bits per heavy atom. The van der Waals surface area contributed by atoms with Crippen molar-refractivity contribution in [3.63, 3.8) is 0 Å². The first-order valence-corrected chi connectivity index (χ1v) is 10.6. The highest BCUT2D eigenvalue weighted by atomic mass is 32.1. The van der Waals surface area contributed by atoms with Crippen molar-refractivity contribution in [2.75, 3.05) is 31.6 Å². The van der Waals surface area contributed by atoms with E-state index in [9.17, 15) is 0 Å². The lowest BCUT2D eigenvalue weighted by Gasteiger charge is -2.32. The predicted molar refractivity (Wildman–Crippen MR) is 113 cm³/mol. The monoisotopic (exact) mass is 395 g/mol. The molecule has 1 N–H and O–H groups in total. The van der Waals surface area contributed by atoms with Gasteiger partial charge >= 0.3 is 0 Å². The van der Waals surface area contributed by atoms with Crippen LogP contribution in [0.5, 0.6) is 5.75 Å². The maximum absolute atomic E-state index is 5.50. The minimum atomic E-state index is 0.658. The van der Waals surface area contributed by atoms with Gasteiger partial charge in [-0.05, 0) is 54.9 Å². The van der Waals surface area contributed by atoms with Crippen LogP contribution in [-0.4, -0.2) is 41.7 Å². The van der Waals surface area contributed by atoms with E-state index in [0.717, 1.165) is 61.1 Å². The first-order chi connectivity index (χ1) is 13.8. The largest absolute Gasteiger partial charge is 0.495 e. The summed E-state index contributed by atoms with van der Waals surface area (Å²) >= 11 is 1.69. The number of rotatable bonds is 7. The molecule has 0 bridgehead atoms. The topological polar surface area (TPSA) is 63.2 Å². The lowest BCUT2D eigenvalue weighted by molar-refractivity contribution is 0.373. The molecule has 6 nitrogen and oxygen atoms in total. The highest BCUT2D eigenvalue weighted by molar-refractivity contribution is 7.08. The molecule has 146 valence electrons. The molecule has 0 amide bonds. The molecule has 0 aromatic carbocycles. The molecule has 1 aliphatic rings. The van der Waals surface area contributed by atoms with E-state index in [4.69, 9.17) is 9.72 Å². The second-order valence-electron chi connectivity index (χ2n) is 6.97. The highest BCUT2D eigenvalue weighted by Crippen LogP contribution is 2.25. The Balaban J connectivity index is 1.30. The number of pyridine rings is 1. The third-order valence-electron chi connectivity index (χ3n) is 5.14. The van der Waals surface area contributed by atoms with E-state index in [1.807, 2.05) is 18.2 Å². The summed E-state index contributed by atoms with van der Waals surface area (Å²) < 4.78 is 5.50. The van der Waals surface area contributed by atoms with Crippen LogP contribution in [0.15, 0.2) is 47.4 Å². The fraction of sp³-hybridized carbons (Fsp3) is 0.381. The van der Waals surface area contributed by atoms with Gasteiger partial charge in [0.25, 0.3) is 0 Å². The van der Waals surface area contributed by atoms with Crippen LogP contribution in [-0.2, 0) is 6.54 Å². The SMILES string of the molecule is COc1ccc(-c2ccsc2)nc1CNCC1CCN(c2ncccn2)CC1. The van der Waals surface area contributed by atoms with Gasteiger partial charge in [0.05, 0.1) is 18.5 Å².